The number of hydrogen-bond acceptors (Lipinski definition) is 2. The Hall–Kier alpha value is -2.78. The molecule has 5 nitrogen and oxygen atoms in total. The van der Waals surface area contributed by atoms with Crippen molar-refractivity contribution >= 4 is 17.3 Å². The van der Waals surface area contributed by atoms with Gasteiger partial charge in [0.05, 0.1) is 7.11 Å². The number of nitrogens with zero attached hydrogens (tertiary/aromatic N) is 3. The van der Waals surface area contributed by atoms with E-state index in [4.69, 9.17) is 10.3 Å². The van der Waals surface area contributed by atoms with Crippen LogP contribution in [-0.4, -0.2) is 29.2 Å². The largest absolute Gasteiger partial charge is 0.496 e. The lowest BCUT2D eigenvalue weighted by Gasteiger charge is -2.09. The fourth-order valence-corrected chi connectivity index (χ4v) is 1.81. The van der Waals surface area contributed by atoms with Crippen LogP contribution in [0.3, 0.4) is 0 Å². The van der Waals surface area contributed by atoms with E-state index in [1.807, 2.05) is 13.0 Å². The highest BCUT2D eigenvalue weighted by Gasteiger charge is 2.22. The summed E-state index contributed by atoms with van der Waals surface area (Å²) in [6.45, 7) is 1.82. The first-order valence-electron chi connectivity index (χ1n) is 6.00. The van der Waals surface area contributed by atoms with Crippen molar-refractivity contribution in [2.24, 2.45) is 4.99 Å². The number of methoxy groups -OCH3 is 1. The fraction of sp³-hybridized carbons (Fsp3) is 0.133. The summed E-state index contributed by atoms with van der Waals surface area (Å²) in [6, 6.07) is 8.69. The molecule has 1 aliphatic carbocycles. The van der Waals surface area contributed by atoms with E-state index in [-0.39, 0.29) is 11.4 Å². The van der Waals surface area contributed by atoms with Crippen LogP contribution in [0.5, 0.6) is 0 Å². The Morgan fingerprint density at radius 2 is 1.95 bits per heavy atom. The van der Waals surface area contributed by atoms with Crippen molar-refractivity contribution in [2.75, 3.05) is 7.11 Å². The Morgan fingerprint density at radius 1 is 1.25 bits per heavy atom. The lowest BCUT2D eigenvalue weighted by atomic mass is 10.0. The second-order valence-corrected chi connectivity index (χ2v) is 4.19. The predicted octanol–water partition coefficient (Wildman–Crippen LogP) is 2.43. The van der Waals surface area contributed by atoms with Crippen molar-refractivity contribution in [1.29, 1.82) is 0 Å². The van der Waals surface area contributed by atoms with Gasteiger partial charge >= 0.3 is 5.71 Å². The van der Waals surface area contributed by atoms with Gasteiger partial charge in [0.15, 0.2) is 5.71 Å². The van der Waals surface area contributed by atoms with Crippen LogP contribution in [0.4, 0.5) is 0 Å². The third kappa shape index (κ3) is 2.79. The van der Waals surface area contributed by atoms with Crippen LogP contribution in [-0.2, 0) is 4.74 Å². The molecule has 0 aromatic heterocycles. The first-order valence-corrected chi connectivity index (χ1v) is 6.00. The predicted molar refractivity (Wildman–Crippen MR) is 75.7 cm³/mol. The molecule has 0 N–H and O–H groups in total. The van der Waals surface area contributed by atoms with Crippen molar-refractivity contribution in [1.82, 2.24) is 0 Å². The minimum atomic E-state index is -0.401. The molecule has 5 heteroatoms. The molecule has 1 aromatic rings. The maximum absolute atomic E-state index is 12.0. The number of hydrogen-bond donors (Lipinski definition) is 0. The van der Waals surface area contributed by atoms with Crippen LogP contribution in [0.15, 0.2) is 58.8 Å². The lowest BCUT2D eigenvalue weighted by Crippen LogP contribution is -2.18. The summed E-state index contributed by atoms with van der Waals surface area (Å²) in [7, 11) is 1.53. The molecular formula is C15H13N3O2. The Bertz CT molecular complexity index is 678. The molecule has 1 aliphatic rings. The third-order valence-electron chi connectivity index (χ3n) is 2.84. The van der Waals surface area contributed by atoms with Gasteiger partial charge in [-0.15, -0.1) is 0 Å². The van der Waals surface area contributed by atoms with Crippen LogP contribution < -0.4 is 0 Å². The molecule has 1 amide bonds. The molecule has 0 heterocycles. The van der Waals surface area contributed by atoms with Crippen molar-refractivity contribution < 1.29 is 14.3 Å². The molecule has 0 fully saturated rings. The summed E-state index contributed by atoms with van der Waals surface area (Å²) >= 11 is 0. The molecular weight excluding hydrogens is 254 g/mol. The highest BCUT2D eigenvalue weighted by atomic mass is 16.5. The molecule has 0 aliphatic heterocycles. The van der Waals surface area contributed by atoms with Gasteiger partial charge in [-0.3, -0.25) is 4.79 Å². The molecule has 0 saturated heterocycles. The van der Waals surface area contributed by atoms with Gasteiger partial charge in [-0.05, 0) is 24.6 Å². The molecule has 0 atom stereocenters. The monoisotopic (exact) mass is 267 g/mol. The average Bonchev–Trinajstić information content (AvgIpc) is 2.49. The van der Waals surface area contributed by atoms with E-state index in [9.17, 15) is 4.79 Å². The van der Waals surface area contributed by atoms with E-state index in [1.54, 1.807) is 36.4 Å². The van der Waals surface area contributed by atoms with E-state index < -0.39 is 5.91 Å². The van der Waals surface area contributed by atoms with Crippen molar-refractivity contribution in [2.45, 2.75) is 6.92 Å². The summed E-state index contributed by atoms with van der Waals surface area (Å²) < 4.78 is 5.18. The van der Waals surface area contributed by atoms with Crippen LogP contribution in [0.2, 0.25) is 0 Å². The second-order valence-electron chi connectivity index (χ2n) is 4.19. The number of carbonyl (C=O) groups excluding carboxylic acids is 1. The van der Waals surface area contributed by atoms with E-state index in [1.165, 1.54) is 7.11 Å². The minimum Gasteiger partial charge on any atom is -0.496 e. The average molecular weight is 267 g/mol. The van der Waals surface area contributed by atoms with Gasteiger partial charge < -0.3 is 10.3 Å². The summed E-state index contributed by atoms with van der Waals surface area (Å²) in [5, 5.41) is 0. The highest BCUT2D eigenvalue weighted by molar-refractivity contribution is 6.50. The Balaban J connectivity index is 2.40. The van der Waals surface area contributed by atoms with Crippen LogP contribution in [0.25, 0.3) is 5.53 Å². The van der Waals surface area contributed by atoms with Gasteiger partial charge in [-0.1, -0.05) is 18.2 Å². The van der Waals surface area contributed by atoms with E-state index in [0.29, 0.717) is 11.3 Å². The number of carbonyl (C=O) groups is 1. The Morgan fingerprint density at radius 3 is 2.55 bits per heavy atom. The number of allylic oxidation sites excluding steroid dienone is 3. The smallest absolute Gasteiger partial charge is 0.341 e. The van der Waals surface area contributed by atoms with E-state index in [0.717, 1.165) is 5.57 Å². The Kier molecular flexibility index (Phi) is 4.03. The molecule has 0 spiro atoms. The minimum absolute atomic E-state index is 0.229. The molecule has 1 aromatic carbocycles. The van der Waals surface area contributed by atoms with Crippen LogP contribution in [0.1, 0.15) is 17.3 Å². The maximum atomic E-state index is 12.0. The van der Waals surface area contributed by atoms with Gasteiger partial charge in [-0.25, -0.2) is 4.99 Å². The molecule has 0 saturated carbocycles. The van der Waals surface area contributed by atoms with Crippen molar-refractivity contribution in [3.05, 3.63) is 64.9 Å². The number of rotatable bonds is 2. The number of benzene rings is 1. The number of ether oxygens (including phenoxy) is 1. The zero-order valence-corrected chi connectivity index (χ0v) is 11.2. The fourth-order valence-electron chi connectivity index (χ4n) is 1.81. The summed E-state index contributed by atoms with van der Waals surface area (Å²) in [6.07, 6.45) is 3.18. The normalized spacial score (nSPS) is 16.3. The maximum Gasteiger partial charge on any atom is 0.341 e. The number of aliphatic imine (C=N–C) groups is 1. The molecule has 0 bridgehead atoms. The molecule has 0 unspecified atom stereocenters. The molecule has 2 rings (SSSR count). The van der Waals surface area contributed by atoms with Crippen LogP contribution in [0, 0.1) is 0 Å². The summed E-state index contributed by atoms with van der Waals surface area (Å²) in [5.74, 6) is 0.179. The van der Waals surface area contributed by atoms with Crippen molar-refractivity contribution in [3.8, 4) is 0 Å². The van der Waals surface area contributed by atoms with Crippen LogP contribution >= 0.6 is 0 Å². The summed E-state index contributed by atoms with van der Waals surface area (Å²) in [5.41, 5.74) is 10.8. The van der Waals surface area contributed by atoms with Gasteiger partial charge in [-0.2, -0.15) is 4.79 Å². The highest BCUT2D eigenvalue weighted by Crippen LogP contribution is 2.16. The van der Waals surface area contributed by atoms with E-state index >= 15 is 0 Å². The molecule has 0 radical (unpaired) electrons. The molecule has 100 valence electrons. The Labute approximate surface area is 116 Å². The van der Waals surface area contributed by atoms with Gasteiger partial charge in [0.25, 0.3) is 5.91 Å². The van der Waals surface area contributed by atoms with Gasteiger partial charge in [0, 0.05) is 17.7 Å². The first-order chi connectivity index (χ1) is 9.65. The van der Waals surface area contributed by atoms with Gasteiger partial charge in [0.2, 0.25) is 0 Å². The zero-order valence-electron chi connectivity index (χ0n) is 11.2. The second kappa shape index (κ2) is 5.91. The first kappa shape index (κ1) is 13.6. The summed E-state index contributed by atoms with van der Waals surface area (Å²) in [4.78, 5) is 19.2. The quantitative estimate of drug-likeness (QED) is 0.469. The SMILES string of the molecule is COC1=CC(=NC(=O)c2ccccc2)C(=[N+]=[N-])C=C1C. The van der Waals surface area contributed by atoms with Crippen molar-refractivity contribution in [3.63, 3.8) is 0 Å². The zero-order chi connectivity index (χ0) is 14.5. The van der Waals surface area contributed by atoms with Gasteiger partial charge in [0.1, 0.15) is 5.76 Å². The van der Waals surface area contributed by atoms with E-state index in [2.05, 4.69) is 9.78 Å². The topological polar surface area (TPSA) is 75.1 Å². The lowest BCUT2D eigenvalue weighted by molar-refractivity contribution is 0.0000128. The standard InChI is InChI=1S/C15H13N3O2/c1-10-8-13(18-16)12(9-14(10)20-2)17-15(19)11-6-4-3-5-7-11/h3-9H,1-2H3. The number of amides is 1. The third-order valence-corrected chi connectivity index (χ3v) is 2.84. The molecule has 20 heavy (non-hydrogen) atoms.